The highest BCUT2D eigenvalue weighted by Gasteiger charge is 2.15. The average molecular weight is 294 g/mol. The zero-order chi connectivity index (χ0) is 13.7. The molecule has 5 heteroatoms. The molecule has 102 valence electrons. The highest BCUT2D eigenvalue weighted by Crippen LogP contribution is 2.20. The van der Waals surface area contributed by atoms with Crippen LogP contribution in [0.15, 0.2) is 33.7 Å². The van der Waals surface area contributed by atoms with Crippen LogP contribution in [0.1, 0.15) is 17.2 Å². The van der Waals surface area contributed by atoms with Crippen LogP contribution in [0, 0.1) is 0 Å². The summed E-state index contributed by atoms with van der Waals surface area (Å²) in [6.45, 7) is 0.646. The maximum atomic E-state index is 11.9. The van der Waals surface area contributed by atoms with Crippen LogP contribution in [-0.4, -0.2) is 31.4 Å². The molecule has 0 aliphatic heterocycles. The fraction of sp³-hybridized carbons (Fsp3) is 0.357. The van der Waals surface area contributed by atoms with Crippen LogP contribution in [0.2, 0.25) is 0 Å². The van der Waals surface area contributed by atoms with Crippen LogP contribution in [0.25, 0.3) is 0 Å². The van der Waals surface area contributed by atoms with E-state index in [1.807, 2.05) is 30.9 Å². The van der Waals surface area contributed by atoms with Gasteiger partial charge in [0.15, 0.2) is 0 Å². The van der Waals surface area contributed by atoms with E-state index in [9.17, 15) is 4.79 Å². The fourth-order valence-electron chi connectivity index (χ4n) is 1.91. The number of likely N-dealkylation sites (N-methyl/N-ethyl adjacent to an activating group) is 1. The van der Waals surface area contributed by atoms with Gasteiger partial charge in [-0.25, -0.2) is 0 Å². The van der Waals surface area contributed by atoms with Gasteiger partial charge in [-0.2, -0.15) is 22.7 Å². The Labute approximate surface area is 121 Å². The Kier molecular flexibility index (Phi) is 5.13. The maximum Gasteiger partial charge on any atom is 0.224 e. The summed E-state index contributed by atoms with van der Waals surface area (Å²) in [5.41, 5.74) is 2.34. The second-order valence-electron chi connectivity index (χ2n) is 4.65. The van der Waals surface area contributed by atoms with Crippen molar-refractivity contribution >= 4 is 28.6 Å². The van der Waals surface area contributed by atoms with Gasteiger partial charge in [-0.3, -0.25) is 4.79 Å². The molecule has 0 saturated carbocycles. The van der Waals surface area contributed by atoms with Gasteiger partial charge in [-0.1, -0.05) is 0 Å². The van der Waals surface area contributed by atoms with E-state index in [-0.39, 0.29) is 11.9 Å². The summed E-state index contributed by atoms with van der Waals surface area (Å²) in [6.07, 6.45) is 0.466. The van der Waals surface area contributed by atoms with E-state index >= 15 is 0 Å². The topological polar surface area (TPSA) is 32.3 Å². The summed E-state index contributed by atoms with van der Waals surface area (Å²) in [5.74, 6) is 0.0838. The number of nitrogens with zero attached hydrogens (tertiary/aromatic N) is 1. The van der Waals surface area contributed by atoms with Gasteiger partial charge in [0, 0.05) is 6.54 Å². The molecule has 0 bridgehead atoms. The van der Waals surface area contributed by atoms with E-state index in [0.29, 0.717) is 13.0 Å². The number of carbonyl (C=O) groups is 1. The largest absolute Gasteiger partial charge is 0.354 e. The molecule has 3 nitrogen and oxygen atoms in total. The Bertz CT molecular complexity index is 492. The van der Waals surface area contributed by atoms with Crippen molar-refractivity contribution in [3.8, 4) is 0 Å². The Morgan fingerprint density at radius 2 is 2.00 bits per heavy atom. The van der Waals surface area contributed by atoms with E-state index in [2.05, 4.69) is 27.0 Å². The number of hydrogen-bond acceptors (Lipinski definition) is 4. The number of nitrogens with one attached hydrogen (secondary N) is 1. The highest BCUT2D eigenvalue weighted by atomic mass is 32.1. The van der Waals surface area contributed by atoms with Gasteiger partial charge >= 0.3 is 0 Å². The molecule has 0 spiro atoms. The second kappa shape index (κ2) is 6.84. The SMILES string of the molecule is CN(C)C(CNC(=O)Cc1ccsc1)c1ccsc1. The van der Waals surface area contributed by atoms with Gasteiger partial charge in [-0.05, 0) is 58.9 Å². The zero-order valence-electron chi connectivity index (χ0n) is 11.1. The highest BCUT2D eigenvalue weighted by molar-refractivity contribution is 7.08. The molecule has 2 rings (SSSR count). The predicted octanol–water partition coefficient (Wildman–Crippen LogP) is 2.77. The lowest BCUT2D eigenvalue weighted by Crippen LogP contribution is -2.35. The van der Waals surface area contributed by atoms with Crippen LogP contribution in [0.4, 0.5) is 0 Å². The predicted molar refractivity (Wildman–Crippen MR) is 81.8 cm³/mol. The quantitative estimate of drug-likeness (QED) is 0.888. The molecule has 1 N–H and O–H groups in total. The van der Waals surface area contributed by atoms with Crippen molar-refractivity contribution in [2.45, 2.75) is 12.5 Å². The van der Waals surface area contributed by atoms with Crippen molar-refractivity contribution < 1.29 is 4.79 Å². The minimum atomic E-state index is 0.0838. The Morgan fingerprint density at radius 1 is 1.26 bits per heavy atom. The van der Waals surface area contributed by atoms with Gasteiger partial charge in [-0.15, -0.1) is 0 Å². The number of thiophene rings is 2. The minimum Gasteiger partial charge on any atom is -0.354 e. The number of carbonyl (C=O) groups excluding carboxylic acids is 1. The van der Waals surface area contributed by atoms with Crippen LogP contribution >= 0.6 is 22.7 Å². The van der Waals surface area contributed by atoms with Gasteiger partial charge in [0.25, 0.3) is 0 Å². The summed E-state index contributed by atoms with van der Waals surface area (Å²) < 4.78 is 0. The first kappa shape index (κ1) is 14.2. The Morgan fingerprint density at radius 3 is 2.58 bits per heavy atom. The maximum absolute atomic E-state index is 11.9. The van der Waals surface area contributed by atoms with Crippen LogP contribution in [0.3, 0.4) is 0 Å². The molecule has 2 aromatic heterocycles. The van der Waals surface area contributed by atoms with Crippen molar-refractivity contribution in [1.82, 2.24) is 10.2 Å². The third kappa shape index (κ3) is 4.16. The van der Waals surface area contributed by atoms with E-state index < -0.39 is 0 Å². The molecule has 0 aliphatic carbocycles. The fourth-order valence-corrected chi connectivity index (χ4v) is 3.29. The lowest BCUT2D eigenvalue weighted by atomic mass is 10.1. The van der Waals surface area contributed by atoms with Gasteiger partial charge in [0.05, 0.1) is 12.5 Å². The first-order chi connectivity index (χ1) is 9.16. The smallest absolute Gasteiger partial charge is 0.224 e. The number of hydrogen-bond donors (Lipinski definition) is 1. The molecule has 19 heavy (non-hydrogen) atoms. The Hall–Kier alpha value is -1.17. The molecule has 1 amide bonds. The van der Waals surface area contributed by atoms with Crippen molar-refractivity contribution in [3.05, 3.63) is 44.8 Å². The standard InChI is InChI=1S/C14H18N2OS2/c1-16(2)13(12-4-6-19-10-12)8-15-14(17)7-11-3-5-18-9-11/h3-6,9-10,13H,7-8H2,1-2H3,(H,15,17). The third-order valence-corrected chi connectivity index (χ3v) is 4.42. The van der Waals surface area contributed by atoms with Crippen LogP contribution in [0.5, 0.6) is 0 Å². The molecule has 1 atom stereocenters. The van der Waals surface area contributed by atoms with Gasteiger partial charge in [0.1, 0.15) is 0 Å². The van der Waals surface area contributed by atoms with Crippen molar-refractivity contribution in [1.29, 1.82) is 0 Å². The number of rotatable bonds is 6. The van der Waals surface area contributed by atoms with Gasteiger partial charge in [0.2, 0.25) is 5.91 Å². The molecule has 0 saturated heterocycles. The van der Waals surface area contributed by atoms with Gasteiger partial charge < -0.3 is 10.2 Å². The zero-order valence-corrected chi connectivity index (χ0v) is 12.8. The lowest BCUT2D eigenvalue weighted by molar-refractivity contribution is -0.120. The van der Waals surface area contributed by atoms with Crippen molar-refractivity contribution in [2.75, 3.05) is 20.6 Å². The summed E-state index contributed by atoms with van der Waals surface area (Å²) in [7, 11) is 4.07. The number of amides is 1. The third-order valence-electron chi connectivity index (χ3n) is 2.99. The molecular formula is C14H18N2OS2. The van der Waals surface area contributed by atoms with E-state index in [1.165, 1.54) is 5.56 Å². The molecular weight excluding hydrogens is 276 g/mol. The average Bonchev–Trinajstić information content (AvgIpc) is 3.01. The Balaban J connectivity index is 1.87. The molecule has 0 radical (unpaired) electrons. The van der Waals surface area contributed by atoms with Crippen LogP contribution in [-0.2, 0) is 11.2 Å². The second-order valence-corrected chi connectivity index (χ2v) is 6.21. The first-order valence-corrected chi connectivity index (χ1v) is 8.01. The summed E-state index contributed by atoms with van der Waals surface area (Å²) in [5, 5.41) is 11.2. The summed E-state index contributed by atoms with van der Waals surface area (Å²) in [6, 6.07) is 4.34. The van der Waals surface area contributed by atoms with Crippen LogP contribution < -0.4 is 5.32 Å². The molecule has 2 aromatic rings. The molecule has 0 aromatic carbocycles. The minimum absolute atomic E-state index is 0.0838. The van der Waals surface area contributed by atoms with Crippen molar-refractivity contribution in [2.24, 2.45) is 0 Å². The summed E-state index contributed by atoms with van der Waals surface area (Å²) in [4.78, 5) is 14.0. The van der Waals surface area contributed by atoms with E-state index in [4.69, 9.17) is 0 Å². The summed E-state index contributed by atoms with van der Waals surface area (Å²) >= 11 is 3.31. The normalized spacial score (nSPS) is 12.6. The molecule has 1 unspecified atom stereocenters. The van der Waals surface area contributed by atoms with E-state index in [0.717, 1.165) is 5.56 Å². The molecule has 0 fully saturated rings. The molecule has 2 heterocycles. The lowest BCUT2D eigenvalue weighted by Gasteiger charge is -2.24. The van der Waals surface area contributed by atoms with E-state index in [1.54, 1.807) is 22.7 Å². The first-order valence-electron chi connectivity index (χ1n) is 6.13. The monoisotopic (exact) mass is 294 g/mol. The van der Waals surface area contributed by atoms with Crippen molar-refractivity contribution in [3.63, 3.8) is 0 Å². The molecule has 0 aliphatic rings.